The quantitative estimate of drug-likeness (QED) is 0.0125. The number of benzene rings is 3. The van der Waals surface area contributed by atoms with Gasteiger partial charge in [-0.15, -0.1) is 0 Å². The van der Waals surface area contributed by atoms with Crippen LogP contribution in [0.4, 0.5) is 0 Å². The number of unbranched alkanes of at least 4 members (excludes halogenated alkanes) is 1. The summed E-state index contributed by atoms with van der Waals surface area (Å²) in [7, 11) is 1.31. The largest absolute Gasteiger partial charge is 0.481 e. The summed E-state index contributed by atoms with van der Waals surface area (Å²) < 4.78 is 0. The van der Waals surface area contributed by atoms with Crippen LogP contribution in [0.2, 0.25) is 0 Å². The molecule has 52 nitrogen and oxygen atoms in total. The highest BCUT2D eigenvalue weighted by Gasteiger charge is 2.44. The Morgan fingerprint density at radius 2 is 0.927 bits per heavy atom. The minimum Gasteiger partial charge on any atom is -0.481 e. The van der Waals surface area contributed by atoms with Crippen molar-refractivity contribution in [3.05, 3.63) is 126 Å². The van der Waals surface area contributed by atoms with Gasteiger partial charge in [0.25, 0.3) is 0 Å². The Hall–Kier alpha value is -15.1. The van der Waals surface area contributed by atoms with E-state index in [0.29, 0.717) is 71.0 Å². The lowest BCUT2D eigenvalue weighted by Crippen LogP contribution is -2.63. The summed E-state index contributed by atoms with van der Waals surface area (Å²) in [5.41, 5.74) is 20.6. The molecule has 3 fully saturated rings. The molecule has 17 amide bonds. The van der Waals surface area contributed by atoms with Crippen molar-refractivity contribution in [2.45, 2.75) is 196 Å². The van der Waals surface area contributed by atoms with E-state index in [9.17, 15) is 92.7 Å². The summed E-state index contributed by atoms with van der Waals surface area (Å²) in [5.74, 6) is -26.2. The third-order valence-electron chi connectivity index (χ3n) is 25.7. The van der Waals surface area contributed by atoms with Crippen LogP contribution in [-0.4, -0.2) is 387 Å². The van der Waals surface area contributed by atoms with Crippen LogP contribution in [-0.2, 0) is 126 Å². The van der Waals surface area contributed by atoms with Crippen molar-refractivity contribution in [3.63, 3.8) is 0 Å². The van der Waals surface area contributed by atoms with Crippen molar-refractivity contribution in [3.8, 4) is 0 Å². The lowest BCUT2D eigenvalue weighted by molar-refractivity contribution is -0.143. The van der Waals surface area contributed by atoms with Gasteiger partial charge in [-0.1, -0.05) is 96.5 Å². The summed E-state index contributed by atoms with van der Waals surface area (Å²) in [6, 6.07) is -2.91. The SMILES string of the molecule is CC[C@H](C)[C@H](NC(=O)[C@@H](NC(=O)[C@H](Cc1c[nH]c2ccccc12)NC(C)=O)[C@@H](C)O)C(=O)N[C@H]1CSSC[C@@H](C(=O)N[C@@H](Cc2c[nH]c3ccccc23)C(=O)N2CCC[C@H]2C(=O)N[C@H](CCCCNC(=O)CN2CCN(CC(=O)O)CCN(CC(=O)O)CCN(CC(=O)O)CC2)C(N)=O)NC(=O)[C@H](CC(=O)O)NC(=O)[C@H](Cc2c[nH]cn2)NC(=O)C(Cc2c[nH]c3ccccc23)NC(=O)[C@H](CC(N)=O)NC(=O)[C@H](CC(N)=O)NC1=O. The Bertz CT molecular complexity index is 5970. The fraction of sp³-hybridized carbons (Fsp3) is 0.500. The van der Waals surface area contributed by atoms with Crippen LogP contribution in [0.15, 0.2) is 104 Å². The number of rotatable bonds is 43. The first-order valence-corrected chi connectivity index (χ1v) is 51.3. The van der Waals surface area contributed by atoms with Gasteiger partial charge in [0.2, 0.25) is 100 Å². The van der Waals surface area contributed by atoms with Crippen molar-refractivity contribution in [2.24, 2.45) is 23.1 Å². The molecule has 28 N–H and O–H groups in total. The molecule has 7 aromatic rings. The number of H-pyrrole nitrogens is 4. The van der Waals surface area contributed by atoms with Gasteiger partial charge in [-0.2, -0.15) is 0 Å². The topological polar surface area (TPSA) is 786 Å². The summed E-state index contributed by atoms with van der Waals surface area (Å²) in [6.45, 7) is 5.21. The average Bonchev–Trinajstić information content (AvgIpc) is 1.66. The number of aliphatic hydroxyl groups is 1. The van der Waals surface area contributed by atoms with Gasteiger partial charge in [0, 0.05) is 167 Å². The number of primary amides is 3. The predicted molar refractivity (Wildman–Crippen MR) is 543 cm³/mol. The highest BCUT2D eigenvalue weighted by molar-refractivity contribution is 8.76. The van der Waals surface area contributed by atoms with Gasteiger partial charge < -0.3 is 137 Å². The second kappa shape index (κ2) is 56.9. The van der Waals surface area contributed by atoms with Gasteiger partial charge in [0.05, 0.1) is 63.6 Å². The van der Waals surface area contributed by atoms with Gasteiger partial charge >= 0.3 is 23.9 Å². The Morgan fingerprint density at radius 1 is 0.473 bits per heavy atom. The van der Waals surface area contributed by atoms with E-state index in [1.54, 1.807) is 112 Å². The summed E-state index contributed by atoms with van der Waals surface area (Å²) in [4.78, 5) is 320. The number of fused-ring (bicyclic) bond motifs is 3. The van der Waals surface area contributed by atoms with Crippen molar-refractivity contribution in [2.75, 3.05) is 103 Å². The Morgan fingerprint density at radius 3 is 1.41 bits per heavy atom. The van der Waals surface area contributed by atoms with Crippen LogP contribution >= 0.6 is 21.6 Å². The van der Waals surface area contributed by atoms with E-state index in [1.165, 1.54) is 25.6 Å². The number of hydrogen-bond donors (Lipinski definition) is 25. The van der Waals surface area contributed by atoms with E-state index in [1.807, 2.05) is 0 Å². The maximum atomic E-state index is 15.9. The highest BCUT2D eigenvalue weighted by atomic mass is 33.1. The monoisotopic (exact) mass is 2130 g/mol. The van der Waals surface area contributed by atoms with Crippen molar-refractivity contribution >= 4 is 179 Å². The first-order chi connectivity index (χ1) is 71.5. The van der Waals surface area contributed by atoms with Crippen LogP contribution in [0.3, 0.4) is 0 Å². The zero-order valence-electron chi connectivity index (χ0n) is 83.0. The molecule has 0 aliphatic carbocycles. The average molecular weight is 2130 g/mol. The molecule has 150 heavy (non-hydrogen) atoms. The van der Waals surface area contributed by atoms with E-state index in [-0.39, 0.29) is 149 Å². The fourth-order valence-electron chi connectivity index (χ4n) is 17.6. The molecular formula is C96H130N26O26S2. The number of imidazole rings is 1. The van der Waals surface area contributed by atoms with E-state index in [0.717, 1.165) is 18.7 Å². The Labute approximate surface area is 867 Å². The van der Waals surface area contributed by atoms with E-state index < -0.39 is 258 Å². The summed E-state index contributed by atoms with van der Waals surface area (Å²) in [5, 5.41) is 85.7. The highest BCUT2D eigenvalue weighted by Crippen LogP contribution is 2.29. The third-order valence-corrected chi connectivity index (χ3v) is 28.1. The van der Waals surface area contributed by atoms with Gasteiger partial charge in [0.15, 0.2) is 0 Å². The molecule has 3 aliphatic heterocycles. The molecular weight excluding hydrogens is 2000 g/mol. The molecule has 1 unspecified atom stereocenters. The molecule has 812 valence electrons. The molecule has 10 rings (SSSR count). The minimum absolute atomic E-state index is 0.0133. The number of carboxylic acids is 4. The number of para-hydroxylation sites is 3. The molecule has 15 atom stereocenters. The first kappa shape index (κ1) is 117. The number of hydrogen-bond acceptors (Lipinski definition) is 29. The molecule has 0 bridgehead atoms. The van der Waals surface area contributed by atoms with Crippen LogP contribution in [0.25, 0.3) is 32.7 Å². The Balaban J connectivity index is 0.954. The molecule has 3 aromatic carbocycles. The van der Waals surface area contributed by atoms with Crippen molar-refractivity contribution in [1.29, 1.82) is 0 Å². The number of nitrogens with zero attached hydrogens (tertiary/aromatic N) is 6. The number of carbonyl (C=O) groups excluding carboxylic acids is 17. The zero-order valence-corrected chi connectivity index (χ0v) is 84.7. The summed E-state index contributed by atoms with van der Waals surface area (Å²) in [6.07, 6.45) is 1.15. The molecule has 3 aliphatic rings. The van der Waals surface area contributed by atoms with E-state index >= 15 is 33.6 Å². The Kier molecular flexibility index (Phi) is 44.3. The number of amides is 17. The number of carboxylic acid groups (broad SMARTS) is 4. The van der Waals surface area contributed by atoms with Gasteiger partial charge in [-0.05, 0) is 79.8 Å². The number of nitrogens with two attached hydrogens (primary N) is 3. The second-order valence-corrected chi connectivity index (χ2v) is 39.6. The molecule has 4 aromatic heterocycles. The van der Waals surface area contributed by atoms with Gasteiger partial charge in [-0.25, -0.2) is 4.98 Å². The number of aliphatic hydroxyl groups excluding tert-OH is 1. The van der Waals surface area contributed by atoms with Crippen LogP contribution in [0, 0.1) is 5.92 Å². The van der Waals surface area contributed by atoms with Crippen molar-refractivity contribution in [1.82, 2.24) is 119 Å². The maximum absolute atomic E-state index is 15.9. The summed E-state index contributed by atoms with van der Waals surface area (Å²) >= 11 is 0. The van der Waals surface area contributed by atoms with E-state index in [4.69, 9.17) is 17.2 Å². The van der Waals surface area contributed by atoms with Crippen molar-refractivity contribution < 1.29 is 126 Å². The first-order valence-electron chi connectivity index (χ1n) is 48.8. The molecule has 0 spiro atoms. The number of aromatic nitrogens is 5. The normalized spacial score (nSPS) is 20.7. The molecule has 0 radical (unpaired) electrons. The standard InChI is InChI=1S/C96H130N26O26S2/c1-5-51(2)82(116-95(147)83(52(3)123)117-90(142)65(106-53(4)124)33-54-40-102-61-18-9-6-15-58(54)61)94(146)115-73-49-150-149-48-72(114-89(141)70(39-78(128)129)112-86(138)67(36-57-43-100-50-105-57)109-85(137)66(34-55-41-103-62-19-10-7-16-59(55)62)108-87(139)68(37-75(97)125)110-88(140)69(38-76(98)126)111-91(73)143)92(144)113-71(35-56-42-104-63-20-11-8-17-60(56)63)96(148)122-24-14-22-74(122)93(145)107-64(84(99)136)21-12-13-23-101-77(127)44-118-25-27-119(45-79(130)131)29-31-121(47-81(134)135)32-30-120(28-26-118)46-80(132)133/h6-11,15-20,40-43,50-52,64-74,82-83,102-104,123H,5,12-14,21-39,44-49H2,1-4H3,(H2,97,125)(H2,98,126)(H2,99,136)(H,100,105)(H,101,127)(H,106,124)(H,107,145)(H,108,139)(H,109,137)(H,110,140)(H,111,143)(H,112,138)(H,113,144)(H,114,141)(H,115,146)(H,116,147)(H,117,142)(H,128,129)(H,130,131)(H,132,133)(H,134,135)/t51-,52+,64+,65-,66?,67-,68-,69-,70-,71-,72-,73-,74-,82-,83-/m0/s1. The molecule has 54 heteroatoms. The number of likely N-dealkylation sites (tertiary alicyclic amines) is 1. The maximum Gasteiger partial charge on any atom is 0.317 e. The van der Waals surface area contributed by atoms with Crippen LogP contribution in [0.1, 0.15) is 108 Å². The number of nitrogens with one attached hydrogen (secondary N) is 17. The third kappa shape index (κ3) is 35.6. The zero-order chi connectivity index (χ0) is 109. The van der Waals surface area contributed by atoms with Crippen LogP contribution < -0.4 is 86.3 Å². The van der Waals surface area contributed by atoms with Gasteiger partial charge in [-0.3, -0.25) is 120 Å². The lowest BCUT2D eigenvalue weighted by Gasteiger charge is -2.32. The van der Waals surface area contributed by atoms with Gasteiger partial charge in [0.1, 0.15) is 78.5 Å². The van der Waals surface area contributed by atoms with E-state index in [2.05, 4.69) is 94.0 Å². The molecule has 0 saturated carbocycles. The smallest absolute Gasteiger partial charge is 0.317 e. The van der Waals surface area contributed by atoms with Crippen LogP contribution in [0.5, 0.6) is 0 Å². The lowest BCUT2D eigenvalue weighted by atomic mass is 9.97. The molecule has 3 saturated heterocycles. The fourth-order valence-corrected chi connectivity index (χ4v) is 20.0. The number of aromatic amines is 4. The second-order valence-electron chi connectivity index (χ2n) is 37.1. The number of carbonyl (C=O) groups is 21. The predicted octanol–water partition coefficient (Wildman–Crippen LogP) is -5.75. The molecule has 7 heterocycles. The minimum atomic E-state index is -2.20. The number of aliphatic carboxylic acids is 4.